The third-order valence-electron chi connectivity index (χ3n) is 3.31. The van der Waals surface area contributed by atoms with E-state index in [1.165, 1.54) is 11.8 Å². The highest BCUT2D eigenvalue weighted by atomic mass is 35.5. The molecular formula is C17H15ClN4O3S. The van der Waals surface area contributed by atoms with Gasteiger partial charge in [0.25, 0.3) is 0 Å². The number of hydrogen-bond acceptors (Lipinski definition) is 7. The van der Waals surface area contributed by atoms with Gasteiger partial charge in [-0.25, -0.2) is 4.98 Å². The Hall–Kier alpha value is -2.58. The monoisotopic (exact) mass is 390 g/mol. The lowest BCUT2D eigenvalue weighted by atomic mass is 10.2. The maximum absolute atomic E-state index is 11.1. The Morgan fingerprint density at radius 3 is 2.92 bits per heavy atom. The minimum Gasteiger partial charge on any atom is -0.493 e. The molecule has 0 saturated carbocycles. The van der Waals surface area contributed by atoms with E-state index in [0.717, 1.165) is 11.1 Å². The van der Waals surface area contributed by atoms with Gasteiger partial charge in [-0.2, -0.15) is 5.10 Å². The summed E-state index contributed by atoms with van der Waals surface area (Å²) in [5, 5.41) is 11.5. The molecule has 0 unspecified atom stereocenters. The Morgan fingerprint density at radius 1 is 1.35 bits per heavy atom. The van der Waals surface area contributed by atoms with Crippen molar-refractivity contribution >= 4 is 40.7 Å². The number of benzene rings is 1. The number of halogens is 1. The minimum absolute atomic E-state index is 0.0667. The normalized spacial score (nSPS) is 15.5. The van der Waals surface area contributed by atoms with Crippen molar-refractivity contribution in [2.24, 2.45) is 10.2 Å². The van der Waals surface area contributed by atoms with E-state index >= 15 is 0 Å². The molecule has 0 radical (unpaired) electrons. The summed E-state index contributed by atoms with van der Waals surface area (Å²) < 4.78 is 11.1. The van der Waals surface area contributed by atoms with Crippen molar-refractivity contribution in [2.75, 3.05) is 12.9 Å². The summed E-state index contributed by atoms with van der Waals surface area (Å²) in [6.07, 6.45) is 3.24. The molecule has 0 aliphatic carbocycles. The SMILES string of the molecule is COc1cc(C=NN=C2NC(=O)CS2)ccc1OCc1ccc(Cl)nc1. The standard InChI is InChI=1S/C17H15ClN4O3S/c1-24-14-6-11(8-20-22-17-21-16(23)10-26-17)2-4-13(14)25-9-12-3-5-15(18)19-7-12/h2-8H,9-10H2,1H3,(H,21,22,23). The first-order chi connectivity index (χ1) is 12.6. The van der Waals surface area contributed by atoms with E-state index in [1.54, 1.807) is 37.7 Å². The van der Waals surface area contributed by atoms with Crippen LogP contribution in [0, 0.1) is 0 Å². The molecule has 1 aliphatic rings. The molecule has 7 nitrogen and oxygen atoms in total. The summed E-state index contributed by atoms with van der Waals surface area (Å²) in [4.78, 5) is 15.1. The van der Waals surface area contributed by atoms with Gasteiger partial charge >= 0.3 is 0 Å². The van der Waals surface area contributed by atoms with Crippen LogP contribution in [0.3, 0.4) is 0 Å². The van der Waals surface area contributed by atoms with Crippen molar-refractivity contribution in [3.8, 4) is 11.5 Å². The molecule has 1 saturated heterocycles. The van der Waals surface area contributed by atoms with Crippen molar-refractivity contribution in [3.05, 3.63) is 52.8 Å². The first-order valence-corrected chi connectivity index (χ1v) is 8.95. The fourth-order valence-electron chi connectivity index (χ4n) is 2.06. The smallest absolute Gasteiger partial charge is 0.236 e. The van der Waals surface area contributed by atoms with Crippen LogP contribution in [0.1, 0.15) is 11.1 Å². The van der Waals surface area contributed by atoms with Crippen LogP contribution in [0.25, 0.3) is 0 Å². The van der Waals surface area contributed by atoms with Crippen LogP contribution in [-0.2, 0) is 11.4 Å². The molecule has 1 amide bonds. The summed E-state index contributed by atoms with van der Waals surface area (Å²) in [5.41, 5.74) is 1.69. The molecule has 0 spiro atoms. The van der Waals surface area contributed by atoms with Gasteiger partial charge in [-0.05, 0) is 29.8 Å². The van der Waals surface area contributed by atoms with Gasteiger partial charge in [0, 0.05) is 11.8 Å². The maximum Gasteiger partial charge on any atom is 0.236 e. The molecule has 1 N–H and O–H groups in total. The zero-order valence-electron chi connectivity index (χ0n) is 13.8. The number of carbonyl (C=O) groups is 1. The van der Waals surface area contributed by atoms with Gasteiger partial charge in [0.15, 0.2) is 16.7 Å². The molecule has 2 aromatic rings. The molecule has 0 atom stereocenters. The zero-order chi connectivity index (χ0) is 18.4. The average Bonchev–Trinajstić information content (AvgIpc) is 3.07. The summed E-state index contributed by atoms with van der Waals surface area (Å²) in [6, 6.07) is 8.98. The third kappa shape index (κ3) is 4.96. The highest BCUT2D eigenvalue weighted by Crippen LogP contribution is 2.28. The van der Waals surface area contributed by atoms with Crippen LogP contribution in [-0.4, -0.2) is 35.1 Å². The molecule has 1 aromatic heterocycles. The highest BCUT2D eigenvalue weighted by molar-refractivity contribution is 8.15. The average molecular weight is 391 g/mol. The highest BCUT2D eigenvalue weighted by Gasteiger charge is 2.15. The lowest BCUT2D eigenvalue weighted by molar-refractivity contribution is -0.116. The minimum atomic E-state index is -0.0667. The molecule has 3 rings (SSSR count). The number of amidine groups is 1. The Bertz CT molecular complexity index is 856. The molecule has 134 valence electrons. The molecule has 1 aromatic carbocycles. The van der Waals surface area contributed by atoms with Crippen molar-refractivity contribution in [1.82, 2.24) is 10.3 Å². The van der Waals surface area contributed by atoms with E-state index in [4.69, 9.17) is 21.1 Å². The van der Waals surface area contributed by atoms with Gasteiger partial charge < -0.3 is 14.8 Å². The fourth-order valence-corrected chi connectivity index (χ4v) is 2.81. The molecule has 26 heavy (non-hydrogen) atoms. The lowest BCUT2D eigenvalue weighted by Crippen LogP contribution is -2.19. The number of rotatable bonds is 6. The summed E-state index contributed by atoms with van der Waals surface area (Å²) in [5.74, 6) is 1.48. The number of nitrogens with one attached hydrogen (secondary N) is 1. The Labute approximate surface area is 159 Å². The number of aromatic nitrogens is 1. The van der Waals surface area contributed by atoms with Crippen molar-refractivity contribution < 1.29 is 14.3 Å². The predicted octanol–water partition coefficient (Wildman–Crippen LogP) is 2.88. The number of ether oxygens (including phenoxy) is 2. The van der Waals surface area contributed by atoms with Crippen LogP contribution in [0.4, 0.5) is 0 Å². The number of carbonyl (C=O) groups excluding carboxylic acids is 1. The zero-order valence-corrected chi connectivity index (χ0v) is 15.4. The Morgan fingerprint density at radius 2 is 2.23 bits per heavy atom. The van der Waals surface area contributed by atoms with Gasteiger partial charge in [0.2, 0.25) is 5.91 Å². The van der Waals surface area contributed by atoms with Crippen LogP contribution >= 0.6 is 23.4 Å². The second kappa shape index (κ2) is 8.68. The molecule has 1 aliphatic heterocycles. The van der Waals surface area contributed by atoms with E-state index in [9.17, 15) is 4.79 Å². The van der Waals surface area contributed by atoms with Crippen molar-refractivity contribution in [3.63, 3.8) is 0 Å². The van der Waals surface area contributed by atoms with Crippen LogP contribution < -0.4 is 14.8 Å². The first kappa shape index (κ1) is 18.2. The third-order valence-corrected chi connectivity index (χ3v) is 4.40. The van der Waals surface area contributed by atoms with Crippen molar-refractivity contribution in [1.29, 1.82) is 0 Å². The summed E-state index contributed by atoms with van der Waals surface area (Å²) >= 11 is 7.09. The van der Waals surface area contributed by atoms with E-state index < -0.39 is 0 Å². The summed E-state index contributed by atoms with van der Waals surface area (Å²) in [6.45, 7) is 0.346. The largest absolute Gasteiger partial charge is 0.493 e. The van der Waals surface area contributed by atoms with E-state index in [0.29, 0.717) is 34.2 Å². The van der Waals surface area contributed by atoms with Crippen LogP contribution in [0.5, 0.6) is 11.5 Å². The van der Waals surface area contributed by atoms with Gasteiger partial charge in [-0.15, -0.1) is 5.10 Å². The number of thioether (sulfide) groups is 1. The van der Waals surface area contributed by atoms with Gasteiger partial charge in [0.1, 0.15) is 11.8 Å². The fraction of sp³-hybridized carbons (Fsp3) is 0.176. The second-order valence-electron chi connectivity index (χ2n) is 5.17. The van der Waals surface area contributed by atoms with Crippen molar-refractivity contribution in [2.45, 2.75) is 6.61 Å². The molecule has 2 heterocycles. The number of nitrogens with zero attached hydrogens (tertiary/aromatic N) is 3. The maximum atomic E-state index is 11.1. The van der Waals surface area contributed by atoms with E-state index in [2.05, 4.69) is 20.5 Å². The molecule has 0 bridgehead atoms. The van der Waals surface area contributed by atoms with Gasteiger partial charge in [-0.1, -0.05) is 29.4 Å². The van der Waals surface area contributed by atoms with E-state index in [-0.39, 0.29) is 5.91 Å². The number of amides is 1. The molecular weight excluding hydrogens is 376 g/mol. The van der Waals surface area contributed by atoms with Gasteiger partial charge in [0.05, 0.1) is 19.1 Å². The Balaban J connectivity index is 1.65. The number of methoxy groups -OCH3 is 1. The number of hydrogen-bond donors (Lipinski definition) is 1. The lowest BCUT2D eigenvalue weighted by Gasteiger charge is -2.11. The predicted molar refractivity (Wildman–Crippen MR) is 102 cm³/mol. The first-order valence-electron chi connectivity index (χ1n) is 7.59. The van der Waals surface area contributed by atoms with Crippen LogP contribution in [0.15, 0.2) is 46.7 Å². The van der Waals surface area contributed by atoms with E-state index in [1.807, 2.05) is 12.1 Å². The Kier molecular flexibility index (Phi) is 6.08. The number of pyridine rings is 1. The molecule has 9 heteroatoms. The second-order valence-corrected chi connectivity index (χ2v) is 6.53. The van der Waals surface area contributed by atoms with Crippen LogP contribution in [0.2, 0.25) is 5.15 Å². The molecule has 1 fully saturated rings. The topological polar surface area (TPSA) is 85.2 Å². The quantitative estimate of drug-likeness (QED) is 0.465. The van der Waals surface area contributed by atoms with Gasteiger partial charge in [-0.3, -0.25) is 4.79 Å². The summed E-state index contributed by atoms with van der Waals surface area (Å²) in [7, 11) is 1.57.